The Morgan fingerprint density at radius 1 is 1.39 bits per heavy atom. The highest BCUT2D eigenvalue weighted by Gasteiger charge is 2.11. The first-order valence-corrected chi connectivity index (χ1v) is 7.00. The van der Waals surface area contributed by atoms with Gasteiger partial charge in [-0.1, -0.05) is 23.4 Å². The Morgan fingerprint density at radius 2 is 2.06 bits per heavy atom. The fraction of sp³-hybridized carbons (Fsp3) is 0.462. The van der Waals surface area contributed by atoms with Gasteiger partial charge in [0, 0.05) is 23.2 Å². The highest BCUT2D eigenvalue weighted by Crippen LogP contribution is 2.17. The van der Waals surface area contributed by atoms with Crippen molar-refractivity contribution in [3.05, 3.63) is 30.3 Å². The topological polar surface area (TPSA) is 61.8 Å². The van der Waals surface area contributed by atoms with Crippen LogP contribution in [0.3, 0.4) is 0 Å². The van der Waals surface area contributed by atoms with E-state index >= 15 is 0 Å². The quantitative estimate of drug-likeness (QED) is 0.261. The van der Waals surface area contributed by atoms with Crippen molar-refractivity contribution in [3.63, 3.8) is 0 Å². The number of hydrogen-bond donors (Lipinski definition) is 2. The van der Waals surface area contributed by atoms with Crippen molar-refractivity contribution in [2.75, 3.05) is 18.8 Å². The molecule has 3 N–H and O–H groups in total. The Bertz CT molecular complexity index is 368. The maximum Gasteiger partial charge on any atom is 0.153 e. The molecule has 0 heterocycles. The van der Waals surface area contributed by atoms with Crippen LogP contribution in [0.2, 0.25) is 0 Å². The summed E-state index contributed by atoms with van der Waals surface area (Å²) in [5.74, 6) is 1.24. The first-order valence-electron chi connectivity index (χ1n) is 6.01. The van der Waals surface area contributed by atoms with Crippen molar-refractivity contribution in [1.29, 1.82) is 0 Å². The zero-order valence-corrected chi connectivity index (χ0v) is 11.7. The lowest BCUT2D eigenvalue weighted by molar-refractivity contribution is 0.260. The number of nitrogens with two attached hydrogens (primary N) is 1. The largest absolute Gasteiger partial charge is 0.409 e. The molecule has 0 aliphatic carbocycles. The zero-order chi connectivity index (χ0) is 13.4. The number of thioether (sulfide) groups is 1. The summed E-state index contributed by atoms with van der Waals surface area (Å²) in [5.41, 5.74) is 5.55. The molecule has 100 valence electrons. The van der Waals surface area contributed by atoms with Crippen LogP contribution in [0.4, 0.5) is 0 Å². The van der Waals surface area contributed by atoms with Gasteiger partial charge >= 0.3 is 0 Å². The summed E-state index contributed by atoms with van der Waals surface area (Å²) in [6.45, 7) is 5.63. The fourth-order valence-electron chi connectivity index (χ4n) is 1.56. The van der Waals surface area contributed by atoms with Gasteiger partial charge in [-0.15, -0.1) is 11.8 Å². The van der Waals surface area contributed by atoms with E-state index in [1.165, 1.54) is 4.90 Å². The van der Waals surface area contributed by atoms with Crippen LogP contribution in [-0.4, -0.2) is 40.8 Å². The zero-order valence-electron chi connectivity index (χ0n) is 10.9. The molecule has 18 heavy (non-hydrogen) atoms. The molecule has 5 heteroatoms. The third-order valence-electron chi connectivity index (χ3n) is 2.61. The van der Waals surface area contributed by atoms with E-state index in [0.717, 1.165) is 12.3 Å². The minimum Gasteiger partial charge on any atom is -0.409 e. The minimum atomic E-state index is 0.258. The van der Waals surface area contributed by atoms with Gasteiger partial charge in [0.25, 0.3) is 0 Å². The number of amidine groups is 1. The fourth-order valence-corrected chi connectivity index (χ4v) is 2.47. The molecule has 0 aromatic heterocycles. The second kappa shape index (κ2) is 8.00. The molecule has 0 aliphatic rings. The summed E-state index contributed by atoms with van der Waals surface area (Å²) in [5, 5.41) is 11.6. The monoisotopic (exact) mass is 267 g/mol. The number of rotatable bonds is 7. The molecule has 0 radical (unpaired) electrons. The molecule has 0 saturated heterocycles. The van der Waals surface area contributed by atoms with Gasteiger partial charge in [0.05, 0.1) is 6.54 Å². The molecule has 1 aromatic rings. The van der Waals surface area contributed by atoms with E-state index in [2.05, 4.69) is 36.0 Å². The van der Waals surface area contributed by atoms with Gasteiger partial charge in [-0.2, -0.15) is 0 Å². The molecule has 0 atom stereocenters. The summed E-state index contributed by atoms with van der Waals surface area (Å²) in [4.78, 5) is 3.45. The standard InChI is InChI=1S/C13H21N3OS/c1-11(2)16(10-13(14)15-17)8-9-18-12-6-4-3-5-7-12/h3-7,11,17H,8-10H2,1-2H3,(H2,14,15). The van der Waals surface area contributed by atoms with E-state index in [1.54, 1.807) is 0 Å². The van der Waals surface area contributed by atoms with Gasteiger partial charge < -0.3 is 10.9 Å². The Labute approximate surface area is 113 Å². The Hall–Kier alpha value is -1.20. The first-order chi connectivity index (χ1) is 8.63. The maximum atomic E-state index is 8.60. The lowest BCUT2D eigenvalue weighted by Gasteiger charge is -2.25. The van der Waals surface area contributed by atoms with Crippen molar-refractivity contribution >= 4 is 17.6 Å². The molecule has 1 rings (SSSR count). The number of nitrogens with zero attached hydrogens (tertiary/aromatic N) is 2. The van der Waals surface area contributed by atoms with Crippen molar-refractivity contribution < 1.29 is 5.21 Å². The molecule has 0 amide bonds. The van der Waals surface area contributed by atoms with Crippen LogP contribution in [0.1, 0.15) is 13.8 Å². The van der Waals surface area contributed by atoms with E-state index in [1.807, 2.05) is 30.0 Å². The lowest BCUT2D eigenvalue weighted by Crippen LogP contribution is -2.39. The Morgan fingerprint density at radius 3 is 2.61 bits per heavy atom. The highest BCUT2D eigenvalue weighted by molar-refractivity contribution is 7.99. The van der Waals surface area contributed by atoms with Gasteiger partial charge in [-0.25, -0.2) is 0 Å². The number of benzene rings is 1. The SMILES string of the molecule is CC(C)N(CCSc1ccccc1)CC(N)=NO. The van der Waals surface area contributed by atoms with Gasteiger partial charge in [0.1, 0.15) is 0 Å². The normalized spacial score (nSPS) is 12.3. The molecular formula is C13H21N3OS. The van der Waals surface area contributed by atoms with Crippen molar-refractivity contribution in [1.82, 2.24) is 4.90 Å². The van der Waals surface area contributed by atoms with Crippen LogP contribution >= 0.6 is 11.8 Å². The smallest absolute Gasteiger partial charge is 0.153 e. The van der Waals surface area contributed by atoms with E-state index in [4.69, 9.17) is 10.9 Å². The molecule has 0 aliphatic heterocycles. The summed E-state index contributed by atoms with van der Waals surface area (Å²) in [6, 6.07) is 10.7. The second-order valence-electron chi connectivity index (χ2n) is 4.32. The van der Waals surface area contributed by atoms with Crippen molar-refractivity contribution in [2.45, 2.75) is 24.8 Å². The predicted molar refractivity (Wildman–Crippen MR) is 77.3 cm³/mol. The average molecular weight is 267 g/mol. The molecule has 0 spiro atoms. The number of hydrogen-bond acceptors (Lipinski definition) is 4. The molecule has 1 aromatic carbocycles. The third kappa shape index (κ3) is 5.42. The predicted octanol–water partition coefficient (Wildman–Crippen LogP) is 2.24. The van der Waals surface area contributed by atoms with Crippen molar-refractivity contribution in [2.24, 2.45) is 10.9 Å². The maximum absolute atomic E-state index is 8.60. The van der Waals surface area contributed by atoms with Crippen LogP contribution in [0, 0.1) is 0 Å². The lowest BCUT2D eigenvalue weighted by atomic mass is 10.3. The van der Waals surface area contributed by atoms with Crippen molar-refractivity contribution in [3.8, 4) is 0 Å². The van der Waals surface area contributed by atoms with Gasteiger partial charge in [0.15, 0.2) is 5.84 Å². The summed E-state index contributed by atoms with van der Waals surface area (Å²) < 4.78 is 0. The molecule has 0 bridgehead atoms. The van der Waals surface area contributed by atoms with Crippen LogP contribution in [0.5, 0.6) is 0 Å². The highest BCUT2D eigenvalue weighted by atomic mass is 32.2. The summed E-state index contributed by atoms with van der Waals surface area (Å²) >= 11 is 1.82. The second-order valence-corrected chi connectivity index (χ2v) is 5.49. The summed E-state index contributed by atoms with van der Waals surface area (Å²) in [6.07, 6.45) is 0. The molecule has 0 unspecified atom stereocenters. The van der Waals surface area contributed by atoms with Crippen LogP contribution in [0.15, 0.2) is 40.4 Å². The van der Waals surface area contributed by atoms with E-state index < -0.39 is 0 Å². The molecule has 4 nitrogen and oxygen atoms in total. The Balaban J connectivity index is 2.38. The summed E-state index contributed by atoms with van der Waals surface area (Å²) in [7, 11) is 0. The van der Waals surface area contributed by atoms with E-state index in [9.17, 15) is 0 Å². The van der Waals surface area contributed by atoms with E-state index in [0.29, 0.717) is 12.6 Å². The molecular weight excluding hydrogens is 246 g/mol. The number of oxime groups is 1. The average Bonchev–Trinajstić information content (AvgIpc) is 2.38. The third-order valence-corrected chi connectivity index (χ3v) is 3.61. The Kier molecular flexibility index (Phi) is 6.60. The van der Waals surface area contributed by atoms with Crippen LogP contribution in [-0.2, 0) is 0 Å². The molecule has 0 fully saturated rings. The van der Waals surface area contributed by atoms with Crippen LogP contribution < -0.4 is 5.73 Å². The van der Waals surface area contributed by atoms with Crippen LogP contribution in [0.25, 0.3) is 0 Å². The van der Waals surface area contributed by atoms with E-state index in [-0.39, 0.29) is 5.84 Å². The minimum absolute atomic E-state index is 0.258. The van der Waals surface area contributed by atoms with Gasteiger partial charge in [-0.3, -0.25) is 4.90 Å². The van der Waals surface area contributed by atoms with Gasteiger partial charge in [-0.05, 0) is 26.0 Å². The first kappa shape index (κ1) is 14.9. The molecule has 0 saturated carbocycles. The van der Waals surface area contributed by atoms with Gasteiger partial charge in [0.2, 0.25) is 0 Å².